The van der Waals surface area contributed by atoms with Crippen molar-refractivity contribution in [1.82, 2.24) is 14.9 Å². The van der Waals surface area contributed by atoms with Crippen molar-refractivity contribution >= 4 is 5.91 Å². The molecule has 2 aromatic rings. The van der Waals surface area contributed by atoms with Gasteiger partial charge in [0.25, 0.3) is 5.91 Å². The average molecular weight is 225 g/mol. The van der Waals surface area contributed by atoms with Gasteiger partial charge in [0.2, 0.25) is 0 Å². The van der Waals surface area contributed by atoms with Crippen molar-refractivity contribution in [1.29, 1.82) is 0 Å². The lowest BCUT2D eigenvalue weighted by atomic mass is 10.2. The second-order valence-electron chi connectivity index (χ2n) is 3.40. The maximum atomic E-state index is 11.6. The van der Waals surface area contributed by atoms with Gasteiger partial charge in [-0.2, -0.15) is 0 Å². The first-order valence-electron chi connectivity index (χ1n) is 5.11. The van der Waals surface area contributed by atoms with Gasteiger partial charge in [-0.15, -0.1) is 6.42 Å². The zero-order valence-electron chi connectivity index (χ0n) is 9.13. The van der Waals surface area contributed by atoms with E-state index in [4.69, 9.17) is 6.42 Å². The van der Waals surface area contributed by atoms with Crippen LogP contribution in [0.15, 0.2) is 43.0 Å². The summed E-state index contributed by atoms with van der Waals surface area (Å²) in [6.45, 7) is 0.238. The lowest BCUT2D eigenvalue weighted by molar-refractivity contribution is 0.0958. The fourth-order valence-corrected chi connectivity index (χ4v) is 1.43. The number of hydrogen-bond acceptors (Lipinski definition) is 2. The van der Waals surface area contributed by atoms with Gasteiger partial charge in [-0.3, -0.25) is 4.79 Å². The molecule has 0 aliphatic heterocycles. The minimum Gasteiger partial charge on any atom is -0.341 e. The van der Waals surface area contributed by atoms with E-state index in [2.05, 4.69) is 16.2 Å². The van der Waals surface area contributed by atoms with E-state index < -0.39 is 0 Å². The third kappa shape index (κ3) is 2.52. The molecule has 4 heteroatoms. The summed E-state index contributed by atoms with van der Waals surface area (Å²) in [5.74, 6) is 2.19. The van der Waals surface area contributed by atoms with E-state index in [0.717, 1.165) is 5.69 Å². The topological polar surface area (TPSA) is 46.9 Å². The molecule has 0 fully saturated rings. The first kappa shape index (κ1) is 11.0. The summed E-state index contributed by atoms with van der Waals surface area (Å²) in [6, 6.07) is 7.21. The van der Waals surface area contributed by atoms with Gasteiger partial charge in [-0.05, 0) is 24.3 Å². The molecule has 0 aliphatic rings. The Balaban J connectivity index is 2.14. The predicted molar refractivity (Wildman–Crippen MR) is 64.7 cm³/mol. The average Bonchev–Trinajstić information content (AvgIpc) is 2.90. The highest BCUT2D eigenvalue weighted by molar-refractivity contribution is 5.94. The number of nitrogens with zero attached hydrogens (tertiary/aromatic N) is 2. The molecule has 4 nitrogen and oxygen atoms in total. The Bertz CT molecular complexity index is 535. The number of terminal acetylenes is 1. The summed E-state index contributed by atoms with van der Waals surface area (Å²) in [7, 11) is 0. The van der Waals surface area contributed by atoms with Crippen molar-refractivity contribution in [3.63, 3.8) is 0 Å². The van der Waals surface area contributed by atoms with Crippen molar-refractivity contribution in [2.24, 2.45) is 0 Å². The molecule has 0 saturated heterocycles. The van der Waals surface area contributed by atoms with Gasteiger partial charge in [-0.25, -0.2) is 4.98 Å². The molecule has 0 spiro atoms. The molecule has 0 saturated carbocycles. The molecule has 2 rings (SSSR count). The largest absolute Gasteiger partial charge is 0.341 e. The standard InChI is InChI=1S/C13H11N3O/c1-2-7-15-13(17)11-3-5-12(6-4-11)16-9-8-14-10-16/h1,3-6,8-10H,7H2,(H,15,17). The highest BCUT2D eigenvalue weighted by Crippen LogP contribution is 2.09. The van der Waals surface area contributed by atoms with Gasteiger partial charge in [0.1, 0.15) is 0 Å². The Kier molecular flexibility index (Phi) is 3.22. The summed E-state index contributed by atoms with van der Waals surface area (Å²) in [5.41, 5.74) is 1.54. The van der Waals surface area contributed by atoms with Crippen molar-refractivity contribution in [2.75, 3.05) is 6.54 Å². The number of nitrogens with one attached hydrogen (secondary N) is 1. The molecule has 1 amide bonds. The number of amides is 1. The summed E-state index contributed by atoms with van der Waals surface area (Å²) in [6.07, 6.45) is 10.3. The molecule has 0 bridgehead atoms. The van der Waals surface area contributed by atoms with Crippen LogP contribution in [0, 0.1) is 12.3 Å². The molecule has 1 aromatic heterocycles. The zero-order chi connectivity index (χ0) is 12.1. The van der Waals surface area contributed by atoms with E-state index in [-0.39, 0.29) is 12.5 Å². The van der Waals surface area contributed by atoms with E-state index in [1.807, 2.05) is 22.9 Å². The predicted octanol–water partition coefficient (Wildman–Crippen LogP) is 1.24. The van der Waals surface area contributed by atoms with Crippen molar-refractivity contribution in [2.45, 2.75) is 0 Å². The molecule has 0 aliphatic carbocycles. The number of carbonyl (C=O) groups is 1. The van der Waals surface area contributed by atoms with Crippen molar-refractivity contribution in [3.8, 4) is 18.0 Å². The van der Waals surface area contributed by atoms with Crippen LogP contribution in [-0.4, -0.2) is 22.0 Å². The quantitative estimate of drug-likeness (QED) is 0.799. The van der Waals surface area contributed by atoms with Crippen LogP contribution in [0.1, 0.15) is 10.4 Å². The number of hydrogen-bond donors (Lipinski definition) is 1. The van der Waals surface area contributed by atoms with Crippen LogP contribution in [0.5, 0.6) is 0 Å². The molecule has 0 radical (unpaired) electrons. The third-order valence-electron chi connectivity index (χ3n) is 2.28. The second-order valence-corrected chi connectivity index (χ2v) is 3.40. The minimum atomic E-state index is -0.167. The highest BCUT2D eigenvalue weighted by atomic mass is 16.1. The molecule has 1 N–H and O–H groups in total. The molecule has 1 heterocycles. The second kappa shape index (κ2) is 4.99. The van der Waals surface area contributed by atoms with Crippen LogP contribution in [0.25, 0.3) is 5.69 Å². The van der Waals surface area contributed by atoms with Gasteiger partial charge >= 0.3 is 0 Å². The zero-order valence-corrected chi connectivity index (χ0v) is 9.13. The van der Waals surface area contributed by atoms with Crippen LogP contribution >= 0.6 is 0 Å². The minimum absolute atomic E-state index is 0.167. The van der Waals surface area contributed by atoms with E-state index in [1.54, 1.807) is 24.7 Å². The molecule has 0 unspecified atom stereocenters. The van der Waals surface area contributed by atoms with E-state index in [0.29, 0.717) is 5.56 Å². The van der Waals surface area contributed by atoms with E-state index >= 15 is 0 Å². The summed E-state index contributed by atoms with van der Waals surface area (Å²) >= 11 is 0. The van der Waals surface area contributed by atoms with E-state index in [9.17, 15) is 4.79 Å². The lowest BCUT2D eigenvalue weighted by Gasteiger charge is -2.04. The smallest absolute Gasteiger partial charge is 0.252 e. The Labute approximate surface area is 99.3 Å². The van der Waals surface area contributed by atoms with Crippen molar-refractivity contribution < 1.29 is 4.79 Å². The molecule has 0 atom stereocenters. The monoisotopic (exact) mass is 225 g/mol. The van der Waals surface area contributed by atoms with Gasteiger partial charge < -0.3 is 9.88 Å². The number of carbonyl (C=O) groups excluding carboxylic acids is 1. The first-order valence-corrected chi connectivity index (χ1v) is 5.11. The Hall–Kier alpha value is -2.54. The van der Waals surface area contributed by atoms with Crippen LogP contribution < -0.4 is 5.32 Å². The van der Waals surface area contributed by atoms with Crippen LogP contribution in [0.3, 0.4) is 0 Å². The summed E-state index contributed by atoms with van der Waals surface area (Å²) in [4.78, 5) is 15.5. The fraction of sp³-hybridized carbons (Fsp3) is 0.0769. The van der Waals surface area contributed by atoms with Gasteiger partial charge in [0.05, 0.1) is 12.9 Å². The molecule has 17 heavy (non-hydrogen) atoms. The van der Waals surface area contributed by atoms with Crippen LogP contribution in [0.4, 0.5) is 0 Å². The highest BCUT2D eigenvalue weighted by Gasteiger charge is 2.04. The number of benzene rings is 1. The molecular weight excluding hydrogens is 214 g/mol. The Morgan fingerprint density at radius 3 is 2.76 bits per heavy atom. The third-order valence-corrected chi connectivity index (χ3v) is 2.28. The maximum Gasteiger partial charge on any atom is 0.252 e. The normalized spacial score (nSPS) is 9.59. The van der Waals surface area contributed by atoms with Crippen LogP contribution in [0.2, 0.25) is 0 Å². The number of aromatic nitrogens is 2. The van der Waals surface area contributed by atoms with Gasteiger partial charge in [0.15, 0.2) is 0 Å². The number of imidazole rings is 1. The van der Waals surface area contributed by atoms with Crippen molar-refractivity contribution in [3.05, 3.63) is 48.5 Å². The summed E-state index contributed by atoms with van der Waals surface area (Å²) in [5, 5.41) is 2.61. The van der Waals surface area contributed by atoms with E-state index in [1.165, 1.54) is 0 Å². The van der Waals surface area contributed by atoms with Crippen LogP contribution in [-0.2, 0) is 0 Å². The number of rotatable bonds is 3. The Morgan fingerprint density at radius 2 is 2.18 bits per heavy atom. The maximum absolute atomic E-state index is 11.6. The molecular formula is C13H11N3O. The SMILES string of the molecule is C#CCNC(=O)c1ccc(-n2ccnc2)cc1. The fourth-order valence-electron chi connectivity index (χ4n) is 1.43. The van der Waals surface area contributed by atoms with Gasteiger partial charge in [0, 0.05) is 23.6 Å². The molecule has 1 aromatic carbocycles. The summed E-state index contributed by atoms with van der Waals surface area (Å²) < 4.78 is 1.86. The Morgan fingerprint density at radius 1 is 1.41 bits per heavy atom. The van der Waals surface area contributed by atoms with Gasteiger partial charge in [-0.1, -0.05) is 5.92 Å². The first-order chi connectivity index (χ1) is 8.31. The molecule has 84 valence electrons. The lowest BCUT2D eigenvalue weighted by Crippen LogP contribution is -2.23.